The standard InChI is InChI=1S/C25H29ClN4O3/c26-21-6-8-22(9-7-21)28-14-16-30(17-15-28)25(33)20-10-12-29(13-11-20)23(31)18-27-24(32)19-4-2-1-3-5-19/h1-9,20H,10-18H2,(H,27,32). The smallest absolute Gasteiger partial charge is 0.251 e. The van der Waals surface area contributed by atoms with Crippen LogP contribution in [0.5, 0.6) is 0 Å². The van der Waals surface area contributed by atoms with Crippen LogP contribution in [0.3, 0.4) is 0 Å². The molecule has 33 heavy (non-hydrogen) atoms. The lowest BCUT2D eigenvalue weighted by Crippen LogP contribution is -2.52. The molecule has 2 heterocycles. The van der Waals surface area contributed by atoms with Crippen molar-refractivity contribution in [3.63, 3.8) is 0 Å². The molecule has 0 radical (unpaired) electrons. The van der Waals surface area contributed by atoms with Crippen LogP contribution in [-0.2, 0) is 9.59 Å². The highest BCUT2D eigenvalue weighted by Crippen LogP contribution is 2.23. The Hall–Kier alpha value is -3.06. The maximum absolute atomic E-state index is 13.0. The Morgan fingerprint density at radius 2 is 1.45 bits per heavy atom. The van der Waals surface area contributed by atoms with E-state index in [0.29, 0.717) is 44.6 Å². The van der Waals surface area contributed by atoms with Crippen LogP contribution in [0.4, 0.5) is 5.69 Å². The summed E-state index contributed by atoms with van der Waals surface area (Å²) in [6.45, 7) is 4.05. The summed E-state index contributed by atoms with van der Waals surface area (Å²) in [6, 6.07) is 16.6. The number of halogens is 1. The topological polar surface area (TPSA) is 73.0 Å². The lowest BCUT2D eigenvalue weighted by atomic mass is 9.95. The molecule has 2 saturated heterocycles. The van der Waals surface area contributed by atoms with Gasteiger partial charge in [-0.3, -0.25) is 14.4 Å². The summed E-state index contributed by atoms with van der Waals surface area (Å²) in [5, 5.41) is 3.40. The van der Waals surface area contributed by atoms with Crippen LogP contribution in [0.1, 0.15) is 23.2 Å². The van der Waals surface area contributed by atoms with Crippen molar-refractivity contribution >= 4 is 35.0 Å². The van der Waals surface area contributed by atoms with Gasteiger partial charge in [0.15, 0.2) is 0 Å². The summed E-state index contributed by atoms with van der Waals surface area (Å²) in [5.41, 5.74) is 1.66. The molecule has 4 rings (SSSR count). The number of carbonyl (C=O) groups excluding carboxylic acids is 3. The van der Waals surface area contributed by atoms with Gasteiger partial charge in [-0.1, -0.05) is 29.8 Å². The van der Waals surface area contributed by atoms with Crippen molar-refractivity contribution in [3.05, 3.63) is 65.2 Å². The van der Waals surface area contributed by atoms with Crippen LogP contribution < -0.4 is 10.2 Å². The first-order valence-electron chi connectivity index (χ1n) is 11.4. The number of likely N-dealkylation sites (tertiary alicyclic amines) is 1. The van der Waals surface area contributed by atoms with Gasteiger partial charge < -0.3 is 20.0 Å². The van der Waals surface area contributed by atoms with Gasteiger partial charge in [-0.2, -0.15) is 0 Å². The van der Waals surface area contributed by atoms with Gasteiger partial charge >= 0.3 is 0 Å². The van der Waals surface area contributed by atoms with Crippen molar-refractivity contribution in [2.24, 2.45) is 5.92 Å². The van der Waals surface area contributed by atoms with E-state index < -0.39 is 0 Å². The van der Waals surface area contributed by atoms with Crippen molar-refractivity contribution in [2.75, 3.05) is 50.7 Å². The summed E-state index contributed by atoms with van der Waals surface area (Å²) in [5.74, 6) is -0.223. The first-order chi connectivity index (χ1) is 16.0. The van der Waals surface area contributed by atoms with E-state index in [1.165, 1.54) is 0 Å². The third-order valence-electron chi connectivity index (χ3n) is 6.42. The number of nitrogens with zero attached hydrogens (tertiary/aromatic N) is 3. The number of benzene rings is 2. The molecule has 0 aromatic heterocycles. The molecule has 174 valence electrons. The largest absolute Gasteiger partial charge is 0.368 e. The Morgan fingerprint density at radius 1 is 0.818 bits per heavy atom. The van der Waals surface area contributed by atoms with Crippen LogP contribution in [0, 0.1) is 5.92 Å². The zero-order valence-corrected chi connectivity index (χ0v) is 19.3. The Bertz CT molecular complexity index is 967. The number of hydrogen-bond donors (Lipinski definition) is 1. The molecule has 1 N–H and O–H groups in total. The molecule has 2 aromatic rings. The van der Waals surface area contributed by atoms with E-state index in [-0.39, 0.29) is 30.2 Å². The van der Waals surface area contributed by atoms with Gasteiger partial charge in [-0.25, -0.2) is 0 Å². The van der Waals surface area contributed by atoms with Crippen LogP contribution in [0.25, 0.3) is 0 Å². The molecular formula is C25H29ClN4O3. The highest BCUT2D eigenvalue weighted by atomic mass is 35.5. The van der Waals surface area contributed by atoms with Crippen LogP contribution in [0.15, 0.2) is 54.6 Å². The third kappa shape index (κ3) is 5.85. The van der Waals surface area contributed by atoms with Crippen molar-refractivity contribution in [3.8, 4) is 0 Å². The van der Waals surface area contributed by atoms with E-state index in [9.17, 15) is 14.4 Å². The van der Waals surface area contributed by atoms with Gasteiger partial charge in [0.1, 0.15) is 0 Å². The highest BCUT2D eigenvalue weighted by Gasteiger charge is 2.31. The third-order valence-corrected chi connectivity index (χ3v) is 6.67. The second-order valence-electron chi connectivity index (χ2n) is 8.49. The number of nitrogens with one attached hydrogen (secondary N) is 1. The molecule has 8 heteroatoms. The fourth-order valence-electron chi connectivity index (χ4n) is 4.43. The second-order valence-corrected chi connectivity index (χ2v) is 8.93. The number of anilines is 1. The van der Waals surface area contributed by atoms with E-state index in [1.54, 1.807) is 29.2 Å². The Kier molecular flexibility index (Phi) is 7.50. The fraction of sp³-hybridized carbons (Fsp3) is 0.400. The van der Waals surface area contributed by atoms with E-state index in [2.05, 4.69) is 10.2 Å². The molecule has 2 aromatic carbocycles. The van der Waals surface area contributed by atoms with Gasteiger partial charge in [-0.05, 0) is 49.2 Å². The van der Waals surface area contributed by atoms with E-state index in [1.807, 2.05) is 35.2 Å². The number of rotatable bonds is 5. The first kappa shape index (κ1) is 23.1. The number of piperidine rings is 1. The molecule has 0 aliphatic carbocycles. The van der Waals surface area contributed by atoms with Gasteiger partial charge in [0, 0.05) is 61.5 Å². The van der Waals surface area contributed by atoms with Crippen molar-refractivity contribution < 1.29 is 14.4 Å². The molecule has 7 nitrogen and oxygen atoms in total. The predicted molar refractivity (Wildman–Crippen MR) is 128 cm³/mol. The van der Waals surface area contributed by atoms with Crippen LogP contribution in [0.2, 0.25) is 5.02 Å². The Labute approximate surface area is 199 Å². The SMILES string of the molecule is O=C(NCC(=O)N1CCC(C(=O)N2CCN(c3ccc(Cl)cc3)CC2)CC1)c1ccccc1. The fourth-order valence-corrected chi connectivity index (χ4v) is 4.56. The average molecular weight is 469 g/mol. The summed E-state index contributed by atoms with van der Waals surface area (Å²) in [4.78, 5) is 43.6. The van der Waals surface area contributed by atoms with Crippen molar-refractivity contribution in [1.82, 2.24) is 15.1 Å². The normalized spacial score (nSPS) is 17.1. The molecular weight excluding hydrogens is 440 g/mol. The van der Waals surface area contributed by atoms with Gasteiger partial charge in [-0.15, -0.1) is 0 Å². The highest BCUT2D eigenvalue weighted by molar-refractivity contribution is 6.30. The van der Waals surface area contributed by atoms with Gasteiger partial charge in [0.05, 0.1) is 6.54 Å². The number of hydrogen-bond acceptors (Lipinski definition) is 4. The van der Waals surface area contributed by atoms with Gasteiger partial charge in [0.25, 0.3) is 5.91 Å². The lowest BCUT2D eigenvalue weighted by Gasteiger charge is -2.39. The maximum Gasteiger partial charge on any atom is 0.251 e. The molecule has 3 amide bonds. The molecule has 0 saturated carbocycles. The maximum atomic E-state index is 13.0. The van der Waals surface area contributed by atoms with Crippen LogP contribution >= 0.6 is 11.6 Å². The van der Waals surface area contributed by atoms with Gasteiger partial charge in [0.2, 0.25) is 11.8 Å². The van der Waals surface area contributed by atoms with E-state index >= 15 is 0 Å². The molecule has 0 bridgehead atoms. The lowest BCUT2D eigenvalue weighted by molar-refractivity contribution is -0.140. The average Bonchev–Trinajstić information content (AvgIpc) is 2.88. The number of carbonyl (C=O) groups is 3. The van der Waals surface area contributed by atoms with E-state index in [4.69, 9.17) is 11.6 Å². The molecule has 2 fully saturated rings. The molecule has 0 unspecified atom stereocenters. The molecule has 0 spiro atoms. The van der Waals surface area contributed by atoms with Crippen LogP contribution in [-0.4, -0.2) is 73.3 Å². The minimum absolute atomic E-state index is 0.0288. The second kappa shape index (κ2) is 10.7. The molecule has 2 aliphatic rings. The number of piperazine rings is 1. The van der Waals surface area contributed by atoms with Crippen molar-refractivity contribution in [2.45, 2.75) is 12.8 Å². The minimum atomic E-state index is -0.258. The zero-order valence-electron chi connectivity index (χ0n) is 18.6. The quantitative estimate of drug-likeness (QED) is 0.732. The van der Waals surface area contributed by atoms with Crippen molar-refractivity contribution in [1.29, 1.82) is 0 Å². The Balaban J connectivity index is 1.19. The summed E-state index contributed by atoms with van der Waals surface area (Å²) in [7, 11) is 0. The number of amides is 3. The van der Waals surface area contributed by atoms with E-state index in [0.717, 1.165) is 23.8 Å². The Morgan fingerprint density at radius 3 is 2.09 bits per heavy atom. The first-order valence-corrected chi connectivity index (χ1v) is 11.8. The molecule has 0 atom stereocenters. The summed E-state index contributed by atoms with van der Waals surface area (Å²) < 4.78 is 0. The molecule has 2 aliphatic heterocycles. The monoisotopic (exact) mass is 468 g/mol. The zero-order chi connectivity index (χ0) is 23.2. The summed E-state index contributed by atoms with van der Waals surface area (Å²) in [6.07, 6.45) is 1.32. The summed E-state index contributed by atoms with van der Waals surface area (Å²) >= 11 is 5.97. The predicted octanol–water partition coefficient (Wildman–Crippen LogP) is 2.66. The minimum Gasteiger partial charge on any atom is -0.368 e.